The lowest BCUT2D eigenvalue weighted by Crippen LogP contribution is -2.31. The summed E-state index contributed by atoms with van der Waals surface area (Å²) in [6, 6.07) is 10.8. The SMILES string of the molecule is CCCN(C(=O)c1ccc2c(Cl)c3c(nc2c1)CCCC3)c1ccc(Cl)c(Cl)c1. The van der Waals surface area contributed by atoms with Gasteiger partial charge in [0.15, 0.2) is 0 Å². The molecule has 2 aromatic carbocycles. The molecule has 0 bridgehead atoms. The second-order valence-corrected chi connectivity index (χ2v) is 8.54. The minimum Gasteiger partial charge on any atom is -0.308 e. The van der Waals surface area contributed by atoms with Gasteiger partial charge in [-0.2, -0.15) is 0 Å². The number of aromatic nitrogens is 1. The lowest BCUT2D eigenvalue weighted by molar-refractivity contribution is 0.0987. The van der Waals surface area contributed by atoms with E-state index in [2.05, 4.69) is 0 Å². The standard InChI is InChI=1S/C23H21Cl3N2O/c1-2-11-28(15-8-10-18(24)19(25)13-15)23(29)14-7-9-17-21(12-14)27-20-6-4-3-5-16(20)22(17)26/h7-10,12-13H,2-6,11H2,1H3. The van der Waals surface area contributed by atoms with Crippen molar-refractivity contribution in [2.24, 2.45) is 0 Å². The average Bonchev–Trinajstić information content (AvgIpc) is 2.73. The molecule has 0 fully saturated rings. The van der Waals surface area contributed by atoms with E-state index in [1.165, 1.54) is 0 Å². The van der Waals surface area contributed by atoms with E-state index in [0.29, 0.717) is 22.2 Å². The quantitative estimate of drug-likeness (QED) is 0.426. The van der Waals surface area contributed by atoms with Crippen LogP contribution >= 0.6 is 34.8 Å². The first-order valence-corrected chi connectivity index (χ1v) is 11.0. The largest absolute Gasteiger partial charge is 0.308 e. The van der Waals surface area contributed by atoms with Gasteiger partial charge in [-0.05, 0) is 68.0 Å². The van der Waals surface area contributed by atoms with Gasteiger partial charge in [0.2, 0.25) is 0 Å². The maximum absolute atomic E-state index is 13.3. The molecule has 4 rings (SSSR count). The number of pyridine rings is 1. The number of benzene rings is 2. The van der Waals surface area contributed by atoms with Crippen molar-refractivity contribution < 1.29 is 4.79 Å². The van der Waals surface area contributed by atoms with Crippen molar-refractivity contribution >= 4 is 57.3 Å². The third-order valence-electron chi connectivity index (χ3n) is 5.35. The van der Waals surface area contributed by atoms with Crippen LogP contribution in [-0.4, -0.2) is 17.4 Å². The van der Waals surface area contributed by atoms with Crippen molar-refractivity contribution in [3.63, 3.8) is 0 Å². The Balaban J connectivity index is 1.75. The van der Waals surface area contributed by atoms with Gasteiger partial charge in [0, 0.05) is 28.9 Å². The summed E-state index contributed by atoms with van der Waals surface area (Å²) in [5.74, 6) is -0.0946. The Morgan fingerprint density at radius 2 is 1.83 bits per heavy atom. The van der Waals surface area contributed by atoms with Gasteiger partial charge in [-0.15, -0.1) is 0 Å². The lowest BCUT2D eigenvalue weighted by atomic mass is 9.94. The van der Waals surface area contributed by atoms with Crippen LogP contribution in [0.3, 0.4) is 0 Å². The smallest absolute Gasteiger partial charge is 0.258 e. The summed E-state index contributed by atoms with van der Waals surface area (Å²) in [5, 5.41) is 2.57. The van der Waals surface area contributed by atoms with Gasteiger partial charge in [-0.1, -0.05) is 47.8 Å². The summed E-state index contributed by atoms with van der Waals surface area (Å²) in [7, 11) is 0. The fraction of sp³-hybridized carbons (Fsp3) is 0.304. The summed E-state index contributed by atoms with van der Waals surface area (Å²) >= 11 is 18.9. The highest BCUT2D eigenvalue weighted by atomic mass is 35.5. The molecule has 0 atom stereocenters. The number of rotatable bonds is 4. The van der Waals surface area contributed by atoms with Crippen molar-refractivity contribution in [2.75, 3.05) is 11.4 Å². The minimum absolute atomic E-state index is 0.0946. The zero-order valence-corrected chi connectivity index (χ0v) is 18.4. The number of hydrogen-bond acceptors (Lipinski definition) is 2. The molecular formula is C23H21Cl3N2O. The molecule has 1 aliphatic rings. The average molecular weight is 448 g/mol. The van der Waals surface area contributed by atoms with E-state index in [4.69, 9.17) is 39.8 Å². The molecule has 1 aliphatic carbocycles. The van der Waals surface area contributed by atoms with E-state index in [-0.39, 0.29) is 5.91 Å². The van der Waals surface area contributed by atoms with Gasteiger partial charge in [-0.25, -0.2) is 0 Å². The molecule has 1 amide bonds. The molecule has 0 aliphatic heterocycles. The van der Waals surface area contributed by atoms with Crippen LogP contribution in [0.1, 0.15) is 47.8 Å². The van der Waals surface area contributed by atoms with Crippen LogP contribution in [0.5, 0.6) is 0 Å². The summed E-state index contributed by atoms with van der Waals surface area (Å²) < 4.78 is 0. The predicted molar refractivity (Wildman–Crippen MR) is 122 cm³/mol. The monoisotopic (exact) mass is 446 g/mol. The second kappa shape index (κ2) is 8.51. The number of carbonyl (C=O) groups is 1. The second-order valence-electron chi connectivity index (χ2n) is 7.35. The Morgan fingerprint density at radius 3 is 2.59 bits per heavy atom. The summed E-state index contributed by atoms with van der Waals surface area (Å²) in [6.45, 7) is 2.61. The maximum Gasteiger partial charge on any atom is 0.258 e. The molecule has 6 heteroatoms. The number of fused-ring (bicyclic) bond motifs is 2. The van der Waals surface area contributed by atoms with Gasteiger partial charge in [0.05, 0.1) is 20.6 Å². The topological polar surface area (TPSA) is 33.2 Å². The zero-order valence-electron chi connectivity index (χ0n) is 16.1. The molecule has 1 aromatic heterocycles. The Kier molecular flexibility index (Phi) is 6.00. The fourth-order valence-corrected chi connectivity index (χ4v) is 4.54. The van der Waals surface area contributed by atoms with Crippen LogP contribution in [0.4, 0.5) is 5.69 Å². The first-order valence-electron chi connectivity index (χ1n) is 9.87. The van der Waals surface area contributed by atoms with E-state index >= 15 is 0 Å². The van der Waals surface area contributed by atoms with E-state index in [1.54, 1.807) is 17.0 Å². The minimum atomic E-state index is -0.0946. The van der Waals surface area contributed by atoms with E-state index in [0.717, 1.165) is 65.0 Å². The molecule has 0 saturated heterocycles. The van der Waals surface area contributed by atoms with Crippen LogP contribution in [0.25, 0.3) is 10.9 Å². The molecule has 29 heavy (non-hydrogen) atoms. The molecule has 0 N–H and O–H groups in total. The van der Waals surface area contributed by atoms with Gasteiger partial charge in [0.1, 0.15) is 0 Å². The lowest BCUT2D eigenvalue weighted by Gasteiger charge is -2.23. The van der Waals surface area contributed by atoms with Crippen molar-refractivity contribution in [1.82, 2.24) is 4.98 Å². The highest BCUT2D eigenvalue weighted by molar-refractivity contribution is 6.42. The molecule has 3 aromatic rings. The molecule has 0 unspecified atom stereocenters. The number of carbonyl (C=O) groups excluding carboxylic acids is 1. The predicted octanol–water partition coefficient (Wildman–Crippen LogP) is 7.13. The highest BCUT2D eigenvalue weighted by Gasteiger charge is 2.21. The van der Waals surface area contributed by atoms with Crippen LogP contribution in [-0.2, 0) is 12.8 Å². The third-order valence-corrected chi connectivity index (χ3v) is 6.52. The van der Waals surface area contributed by atoms with Crippen molar-refractivity contribution in [3.05, 3.63) is 68.3 Å². The summed E-state index contributed by atoms with van der Waals surface area (Å²) in [5.41, 5.74) is 4.30. The maximum atomic E-state index is 13.3. The molecule has 3 nitrogen and oxygen atoms in total. The Labute approximate surface area is 185 Å². The highest BCUT2D eigenvalue weighted by Crippen LogP contribution is 2.34. The molecule has 0 radical (unpaired) electrons. The van der Waals surface area contributed by atoms with Crippen LogP contribution < -0.4 is 4.90 Å². The zero-order chi connectivity index (χ0) is 20.5. The van der Waals surface area contributed by atoms with Gasteiger partial charge >= 0.3 is 0 Å². The number of hydrogen-bond donors (Lipinski definition) is 0. The van der Waals surface area contributed by atoms with E-state index < -0.39 is 0 Å². The number of anilines is 1. The number of nitrogens with zero attached hydrogens (tertiary/aromatic N) is 2. The van der Waals surface area contributed by atoms with Crippen LogP contribution in [0.2, 0.25) is 15.1 Å². The third kappa shape index (κ3) is 3.96. The number of aryl methyl sites for hydroxylation is 1. The van der Waals surface area contributed by atoms with Crippen LogP contribution in [0, 0.1) is 0 Å². The van der Waals surface area contributed by atoms with E-state index in [1.807, 2.05) is 31.2 Å². The Morgan fingerprint density at radius 1 is 1.03 bits per heavy atom. The van der Waals surface area contributed by atoms with Crippen molar-refractivity contribution in [3.8, 4) is 0 Å². The Hall–Kier alpha value is -1.81. The molecule has 0 spiro atoms. The first-order chi connectivity index (χ1) is 14.0. The number of amides is 1. The molecule has 150 valence electrons. The van der Waals surface area contributed by atoms with Gasteiger partial charge in [-0.3, -0.25) is 9.78 Å². The van der Waals surface area contributed by atoms with E-state index in [9.17, 15) is 4.79 Å². The van der Waals surface area contributed by atoms with Crippen molar-refractivity contribution in [1.29, 1.82) is 0 Å². The van der Waals surface area contributed by atoms with Crippen molar-refractivity contribution in [2.45, 2.75) is 39.0 Å². The normalized spacial score (nSPS) is 13.4. The summed E-state index contributed by atoms with van der Waals surface area (Å²) in [4.78, 5) is 19.9. The summed E-state index contributed by atoms with van der Waals surface area (Å²) in [6.07, 6.45) is 5.00. The molecular weight excluding hydrogens is 427 g/mol. The Bertz CT molecular complexity index is 1100. The molecule has 1 heterocycles. The van der Waals surface area contributed by atoms with Gasteiger partial charge < -0.3 is 4.90 Å². The van der Waals surface area contributed by atoms with Crippen LogP contribution in [0.15, 0.2) is 36.4 Å². The van der Waals surface area contributed by atoms with Gasteiger partial charge in [0.25, 0.3) is 5.91 Å². The number of halogens is 3. The fourth-order valence-electron chi connectivity index (χ4n) is 3.88. The first kappa shape index (κ1) is 20.5. The molecule has 0 saturated carbocycles.